The number of rotatable bonds is 2. The van der Waals surface area contributed by atoms with Gasteiger partial charge in [-0.15, -0.1) is 0 Å². The van der Waals surface area contributed by atoms with Crippen molar-refractivity contribution in [2.45, 2.75) is 0 Å². The number of fused-ring (bicyclic) bond motifs is 13. The van der Waals surface area contributed by atoms with Gasteiger partial charge in [0.1, 0.15) is 11.3 Å². The number of hydrogen-bond donors (Lipinski definition) is 0. The van der Waals surface area contributed by atoms with Crippen molar-refractivity contribution in [1.29, 1.82) is 0 Å². The van der Waals surface area contributed by atoms with Crippen LogP contribution in [0, 0.1) is 0 Å². The summed E-state index contributed by atoms with van der Waals surface area (Å²) >= 11 is 0. The smallest absolute Gasteiger partial charge is 0.144 e. The molecule has 0 aliphatic heterocycles. The molecule has 0 aliphatic carbocycles. The van der Waals surface area contributed by atoms with Gasteiger partial charge in [0.2, 0.25) is 0 Å². The van der Waals surface area contributed by atoms with E-state index in [4.69, 9.17) is 4.42 Å². The van der Waals surface area contributed by atoms with Gasteiger partial charge in [0.15, 0.2) is 0 Å². The fraction of sp³-hybridized carbons (Fsp3) is 0. The van der Waals surface area contributed by atoms with Crippen molar-refractivity contribution in [3.63, 3.8) is 0 Å². The van der Waals surface area contributed by atoms with Crippen LogP contribution in [0.2, 0.25) is 0 Å². The summed E-state index contributed by atoms with van der Waals surface area (Å²) in [6, 6.07) is 49.8. The molecule has 2 aromatic heterocycles. The van der Waals surface area contributed by atoms with Crippen LogP contribution in [0.4, 0.5) is 0 Å². The molecular formula is C38H23NO. The van der Waals surface area contributed by atoms with E-state index >= 15 is 0 Å². The van der Waals surface area contributed by atoms with E-state index in [1.165, 1.54) is 48.7 Å². The van der Waals surface area contributed by atoms with Crippen LogP contribution in [0.25, 0.3) is 82.1 Å². The van der Waals surface area contributed by atoms with Gasteiger partial charge in [-0.25, -0.2) is 0 Å². The maximum Gasteiger partial charge on any atom is 0.144 e. The molecule has 0 atom stereocenters. The van der Waals surface area contributed by atoms with E-state index in [9.17, 15) is 0 Å². The Bertz CT molecular complexity index is 2410. The Balaban J connectivity index is 1.65. The van der Waals surface area contributed by atoms with E-state index in [1.54, 1.807) is 0 Å². The zero-order valence-corrected chi connectivity index (χ0v) is 21.6. The molecule has 2 nitrogen and oxygen atoms in total. The van der Waals surface area contributed by atoms with Crippen LogP contribution in [0.5, 0.6) is 0 Å². The van der Waals surface area contributed by atoms with Crippen LogP contribution in [-0.2, 0) is 0 Å². The fourth-order valence-electron chi connectivity index (χ4n) is 6.71. The Morgan fingerprint density at radius 1 is 0.400 bits per heavy atom. The minimum Gasteiger partial charge on any atom is -0.455 e. The van der Waals surface area contributed by atoms with E-state index in [1.807, 2.05) is 6.07 Å². The summed E-state index contributed by atoms with van der Waals surface area (Å²) in [6.45, 7) is 0. The quantitative estimate of drug-likeness (QED) is 0.212. The van der Waals surface area contributed by atoms with Crippen LogP contribution in [0.15, 0.2) is 144 Å². The average molecular weight is 510 g/mol. The van der Waals surface area contributed by atoms with E-state index < -0.39 is 0 Å². The lowest BCUT2D eigenvalue weighted by Crippen LogP contribution is -1.95. The van der Waals surface area contributed by atoms with Crippen molar-refractivity contribution in [3.8, 4) is 17.0 Å². The van der Waals surface area contributed by atoms with Crippen molar-refractivity contribution in [1.82, 2.24) is 4.57 Å². The molecule has 2 heteroatoms. The second-order valence-electron chi connectivity index (χ2n) is 10.5. The van der Waals surface area contributed by atoms with Gasteiger partial charge in [-0.1, -0.05) is 121 Å². The van der Waals surface area contributed by atoms with Crippen molar-refractivity contribution < 1.29 is 4.42 Å². The molecule has 0 fully saturated rings. The maximum atomic E-state index is 6.72. The van der Waals surface area contributed by atoms with Crippen molar-refractivity contribution in [3.05, 3.63) is 140 Å². The number of furan rings is 1. The second-order valence-corrected chi connectivity index (χ2v) is 10.5. The lowest BCUT2D eigenvalue weighted by Gasteiger charge is -2.12. The molecule has 40 heavy (non-hydrogen) atoms. The molecule has 9 rings (SSSR count). The van der Waals surface area contributed by atoms with Gasteiger partial charge < -0.3 is 8.98 Å². The molecule has 7 aromatic carbocycles. The number of nitrogens with zero attached hydrogens (tertiary/aromatic N) is 1. The molecule has 0 amide bonds. The zero-order valence-electron chi connectivity index (χ0n) is 21.6. The summed E-state index contributed by atoms with van der Waals surface area (Å²) in [5.41, 5.74) is 5.56. The molecule has 2 heterocycles. The van der Waals surface area contributed by atoms with Gasteiger partial charge in [0.25, 0.3) is 0 Å². The van der Waals surface area contributed by atoms with Crippen LogP contribution >= 0.6 is 0 Å². The SMILES string of the molecule is c1ccc(-c2cc3c(o2)c2ccccc2c2c4c5ccccc5c5ccccc5c4n(-c4ccccc4)c32)cc1. The highest BCUT2D eigenvalue weighted by Crippen LogP contribution is 2.48. The molecule has 0 radical (unpaired) electrons. The van der Waals surface area contributed by atoms with E-state index in [2.05, 4.69) is 138 Å². The summed E-state index contributed by atoms with van der Waals surface area (Å²) in [5.74, 6) is 0.882. The highest BCUT2D eigenvalue weighted by atomic mass is 16.3. The van der Waals surface area contributed by atoms with Gasteiger partial charge in [-0.2, -0.15) is 0 Å². The van der Waals surface area contributed by atoms with Gasteiger partial charge >= 0.3 is 0 Å². The van der Waals surface area contributed by atoms with Crippen molar-refractivity contribution in [2.24, 2.45) is 0 Å². The van der Waals surface area contributed by atoms with Gasteiger partial charge in [0.05, 0.1) is 11.0 Å². The van der Waals surface area contributed by atoms with E-state index in [-0.39, 0.29) is 0 Å². The lowest BCUT2D eigenvalue weighted by molar-refractivity contribution is 0.635. The first kappa shape index (κ1) is 21.6. The largest absolute Gasteiger partial charge is 0.455 e. The first-order valence-electron chi connectivity index (χ1n) is 13.7. The summed E-state index contributed by atoms with van der Waals surface area (Å²) in [7, 11) is 0. The molecule has 0 unspecified atom stereocenters. The van der Waals surface area contributed by atoms with Crippen LogP contribution in [0.3, 0.4) is 0 Å². The molecule has 0 saturated carbocycles. The van der Waals surface area contributed by atoms with Crippen LogP contribution in [-0.4, -0.2) is 4.57 Å². The first-order chi connectivity index (χ1) is 19.9. The summed E-state index contributed by atoms with van der Waals surface area (Å²) in [6.07, 6.45) is 0. The topological polar surface area (TPSA) is 18.1 Å². The minimum absolute atomic E-state index is 0.882. The molecule has 9 aromatic rings. The Morgan fingerprint density at radius 2 is 0.875 bits per heavy atom. The third-order valence-electron chi connectivity index (χ3n) is 8.34. The molecule has 0 saturated heterocycles. The fourth-order valence-corrected chi connectivity index (χ4v) is 6.71. The van der Waals surface area contributed by atoms with Crippen LogP contribution in [0.1, 0.15) is 0 Å². The van der Waals surface area contributed by atoms with Gasteiger partial charge in [0, 0.05) is 38.2 Å². The number of aromatic nitrogens is 1. The minimum atomic E-state index is 0.882. The number of benzene rings is 7. The maximum absolute atomic E-state index is 6.72. The Hall–Kier alpha value is -5.34. The highest BCUT2D eigenvalue weighted by molar-refractivity contribution is 6.39. The third kappa shape index (κ3) is 2.82. The molecule has 0 spiro atoms. The zero-order chi connectivity index (χ0) is 26.2. The third-order valence-corrected chi connectivity index (χ3v) is 8.34. The number of hydrogen-bond acceptors (Lipinski definition) is 1. The van der Waals surface area contributed by atoms with Crippen molar-refractivity contribution >= 4 is 65.1 Å². The van der Waals surface area contributed by atoms with Gasteiger partial charge in [-0.3, -0.25) is 0 Å². The Kier molecular flexibility index (Phi) is 4.36. The standard InChI is InChI=1S/C38H23NO/c1-3-13-24(14-4-1)33-23-32-37-35(29-20-10-12-22-31(29)38(32)40-33)34-28-19-9-7-17-26(28)27-18-8-11-21-30(27)36(34)39(37)25-15-5-2-6-16-25/h1-23H. The first-order valence-corrected chi connectivity index (χ1v) is 13.7. The second kappa shape index (κ2) is 8.08. The molecule has 0 N–H and O–H groups in total. The lowest BCUT2D eigenvalue weighted by atomic mass is 9.94. The predicted octanol–water partition coefficient (Wildman–Crippen LogP) is 10.7. The predicted molar refractivity (Wildman–Crippen MR) is 169 cm³/mol. The Labute approximate surface area is 230 Å². The highest BCUT2D eigenvalue weighted by Gasteiger charge is 2.24. The average Bonchev–Trinajstić information content (AvgIpc) is 3.63. The van der Waals surface area contributed by atoms with Gasteiger partial charge in [-0.05, 0) is 39.7 Å². The molecular weight excluding hydrogens is 486 g/mol. The van der Waals surface area contributed by atoms with E-state index in [0.717, 1.165) is 33.4 Å². The van der Waals surface area contributed by atoms with E-state index in [0.29, 0.717) is 0 Å². The Morgan fingerprint density at radius 3 is 1.55 bits per heavy atom. The monoisotopic (exact) mass is 509 g/mol. The van der Waals surface area contributed by atoms with Crippen molar-refractivity contribution in [2.75, 3.05) is 0 Å². The normalized spacial score (nSPS) is 12.0. The molecule has 0 bridgehead atoms. The summed E-state index contributed by atoms with van der Waals surface area (Å²) < 4.78 is 9.19. The molecule has 186 valence electrons. The summed E-state index contributed by atoms with van der Waals surface area (Å²) in [4.78, 5) is 0. The summed E-state index contributed by atoms with van der Waals surface area (Å²) in [5, 5.41) is 11.1. The molecule has 0 aliphatic rings. The van der Waals surface area contributed by atoms with Crippen LogP contribution < -0.4 is 0 Å². The number of para-hydroxylation sites is 1.